The van der Waals surface area contributed by atoms with E-state index >= 15 is 0 Å². The summed E-state index contributed by atoms with van der Waals surface area (Å²) < 4.78 is 5.52. The Kier molecular flexibility index (Phi) is 5.97. The van der Waals surface area contributed by atoms with Crippen LogP contribution in [0, 0.1) is 5.92 Å². The maximum atomic E-state index is 12.8. The standard InChI is InChI=1S/C26H29ClN4O3S/c1-26(15-34-14-23(26)32)31-6-4-30(5-7-31)21-10-16-11-24(28-13-17(16)9-20(21)27)29-25(33)19-12-18(19)22-3-2-8-35-22/h2-3,8-11,13,18-19,23,32H,4-7,12,14-15H2,1H3,(H,28,29,33)/t18?,19?,23-,26+/m1/s1. The highest BCUT2D eigenvalue weighted by Crippen LogP contribution is 2.49. The van der Waals surface area contributed by atoms with Crippen LogP contribution in [0.25, 0.3) is 10.8 Å². The number of aliphatic hydroxyl groups excluding tert-OH is 1. The maximum Gasteiger partial charge on any atom is 0.229 e. The van der Waals surface area contributed by atoms with Gasteiger partial charge in [0, 0.05) is 54.5 Å². The van der Waals surface area contributed by atoms with Gasteiger partial charge in [-0.3, -0.25) is 9.69 Å². The molecule has 4 atom stereocenters. The molecule has 0 bridgehead atoms. The van der Waals surface area contributed by atoms with Crippen LogP contribution in [0.5, 0.6) is 0 Å². The Morgan fingerprint density at radius 2 is 2.09 bits per heavy atom. The molecular weight excluding hydrogens is 484 g/mol. The fraction of sp³-hybridized carbons (Fsp3) is 0.462. The second-order valence-electron chi connectivity index (χ2n) is 10.0. The van der Waals surface area contributed by atoms with Gasteiger partial charge < -0.3 is 20.1 Å². The number of anilines is 2. The first-order valence-corrected chi connectivity index (χ1v) is 13.4. The molecule has 3 aromatic rings. The van der Waals surface area contributed by atoms with Crippen molar-refractivity contribution in [2.45, 2.75) is 30.9 Å². The SMILES string of the molecule is C[C@]1(N2CCN(c3cc4cc(NC(=O)C5CC5c5cccs5)ncc4cc3Cl)CC2)COC[C@H]1O. The molecule has 2 saturated heterocycles. The van der Waals surface area contributed by atoms with Crippen molar-refractivity contribution >= 4 is 51.1 Å². The number of hydrogen-bond donors (Lipinski definition) is 2. The molecule has 2 aliphatic heterocycles. The van der Waals surface area contributed by atoms with Gasteiger partial charge >= 0.3 is 0 Å². The third-order valence-corrected chi connectivity index (χ3v) is 9.11. The summed E-state index contributed by atoms with van der Waals surface area (Å²) in [4.78, 5) is 23.1. The van der Waals surface area contributed by atoms with Gasteiger partial charge in [0.15, 0.2) is 0 Å². The van der Waals surface area contributed by atoms with Gasteiger partial charge in [-0.15, -0.1) is 11.3 Å². The van der Waals surface area contributed by atoms with Crippen molar-refractivity contribution in [1.29, 1.82) is 0 Å². The predicted octanol–water partition coefficient (Wildman–Crippen LogP) is 3.96. The summed E-state index contributed by atoms with van der Waals surface area (Å²) in [6.07, 6.45) is 2.20. The zero-order chi connectivity index (χ0) is 24.2. The molecule has 7 nitrogen and oxygen atoms in total. The summed E-state index contributed by atoms with van der Waals surface area (Å²) in [5, 5.41) is 18.1. The van der Waals surface area contributed by atoms with Crippen LogP contribution in [-0.4, -0.2) is 71.9 Å². The highest BCUT2D eigenvalue weighted by molar-refractivity contribution is 7.10. The fourth-order valence-corrected chi connectivity index (χ4v) is 6.60. The first kappa shape index (κ1) is 23.2. The van der Waals surface area contributed by atoms with E-state index in [0.717, 1.165) is 49.1 Å². The van der Waals surface area contributed by atoms with Gasteiger partial charge in [-0.25, -0.2) is 4.98 Å². The highest BCUT2D eigenvalue weighted by atomic mass is 35.5. The van der Waals surface area contributed by atoms with Gasteiger partial charge in [-0.2, -0.15) is 0 Å². The Hall–Kier alpha value is -2.23. The molecule has 6 rings (SSSR count). The summed E-state index contributed by atoms with van der Waals surface area (Å²) in [6.45, 7) is 6.32. The number of pyridine rings is 1. The number of benzene rings is 1. The summed E-state index contributed by atoms with van der Waals surface area (Å²) in [5.41, 5.74) is 0.651. The number of carbonyl (C=O) groups excluding carboxylic acids is 1. The number of aromatic nitrogens is 1. The number of amides is 1. The van der Waals surface area contributed by atoms with Crippen LogP contribution in [0.2, 0.25) is 5.02 Å². The molecule has 1 aliphatic carbocycles. The topological polar surface area (TPSA) is 77.9 Å². The average Bonchev–Trinajstić information content (AvgIpc) is 3.32. The number of halogens is 1. The number of piperazine rings is 1. The van der Waals surface area contributed by atoms with Crippen LogP contribution in [0.3, 0.4) is 0 Å². The smallest absolute Gasteiger partial charge is 0.229 e. The Bertz CT molecular complexity index is 1250. The van der Waals surface area contributed by atoms with E-state index in [2.05, 4.69) is 44.5 Å². The first-order chi connectivity index (χ1) is 16.9. The number of thiophene rings is 1. The monoisotopic (exact) mass is 512 g/mol. The Morgan fingerprint density at radius 3 is 2.80 bits per heavy atom. The van der Waals surface area contributed by atoms with Crippen molar-refractivity contribution in [2.24, 2.45) is 5.92 Å². The molecule has 0 spiro atoms. The third kappa shape index (κ3) is 4.32. The average molecular weight is 513 g/mol. The summed E-state index contributed by atoms with van der Waals surface area (Å²) in [5.74, 6) is 0.959. The maximum absolute atomic E-state index is 12.8. The van der Waals surface area contributed by atoms with Gasteiger partial charge in [0.1, 0.15) is 5.82 Å². The molecule has 1 saturated carbocycles. The lowest BCUT2D eigenvalue weighted by Crippen LogP contribution is -2.60. The van der Waals surface area contributed by atoms with Gasteiger partial charge in [0.05, 0.1) is 35.6 Å². The molecule has 2 unspecified atom stereocenters. The van der Waals surface area contributed by atoms with Crippen LogP contribution >= 0.6 is 22.9 Å². The van der Waals surface area contributed by atoms with Crippen LogP contribution in [-0.2, 0) is 9.53 Å². The van der Waals surface area contributed by atoms with Crippen molar-refractivity contribution in [3.63, 3.8) is 0 Å². The molecule has 0 radical (unpaired) electrons. The van der Waals surface area contributed by atoms with Crippen LogP contribution in [0.15, 0.2) is 41.9 Å². The Labute approximate surface area is 213 Å². The number of ether oxygens (including phenoxy) is 1. The molecule has 9 heteroatoms. The molecule has 184 valence electrons. The summed E-state index contributed by atoms with van der Waals surface area (Å²) >= 11 is 8.39. The lowest BCUT2D eigenvalue weighted by Gasteiger charge is -2.45. The lowest BCUT2D eigenvalue weighted by atomic mass is 9.95. The zero-order valence-corrected chi connectivity index (χ0v) is 21.2. The summed E-state index contributed by atoms with van der Waals surface area (Å²) in [6, 6.07) is 10.1. The minimum atomic E-state index is -0.462. The molecule has 1 amide bonds. The fourth-order valence-electron chi connectivity index (χ4n) is 5.40. The van der Waals surface area contributed by atoms with E-state index in [1.807, 2.05) is 18.2 Å². The van der Waals surface area contributed by atoms with Crippen LogP contribution in [0.4, 0.5) is 11.5 Å². The molecule has 3 aliphatic rings. The minimum Gasteiger partial charge on any atom is -0.389 e. The van der Waals surface area contributed by atoms with E-state index < -0.39 is 6.10 Å². The van der Waals surface area contributed by atoms with Crippen molar-refractivity contribution in [1.82, 2.24) is 9.88 Å². The Balaban J connectivity index is 1.15. The summed E-state index contributed by atoms with van der Waals surface area (Å²) in [7, 11) is 0. The molecule has 35 heavy (non-hydrogen) atoms. The second kappa shape index (κ2) is 9.01. The minimum absolute atomic E-state index is 0.0221. The number of aliphatic hydroxyl groups is 1. The number of nitrogens with one attached hydrogen (secondary N) is 1. The first-order valence-electron chi connectivity index (χ1n) is 12.1. The molecular formula is C26H29ClN4O3S. The highest BCUT2D eigenvalue weighted by Gasteiger charge is 2.45. The number of hydrogen-bond acceptors (Lipinski definition) is 7. The van der Waals surface area contributed by atoms with Crippen molar-refractivity contribution in [3.05, 3.63) is 51.8 Å². The van der Waals surface area contributed by atoms with E-state index in [1.165, 1.54) is 4.88 Å². The zero-order valence-electron chi connectivity index (χ0n) is 19.6. The molecule has 3 fully saturated rings. The van der Waals surface area contributed by atoms with E-state index in [0.29, 0.717) is 30.0 Å². The van der Waals surface area contributed by atoms with Crippen molar-refractivity contribution in [3.8, 4) is 0 Å². The molecule has 4 heterocycles. The molecule has 2 N–H and O–H groups in total. The number of rotatable bonds is 5. The van der Waals surface area contributed by atoms with E-state index in [-0.39, 0.29) is 17.4 Å². The Morgan fingerprint density at radius 1 is 1.26 bits per heavy atom. The van der Waals surface area contributed by atoms with Crippen molar-refractivity contribution < 1.29 is 14.6 Å². The number of fused-ring (bicyclic) bond motifs is 1. The quantitative estimate of drug-likeness (QED) is 0.539. The van der Waals surface area contributed by atoms with Gasteiger partial charge in [0.25, 0.3) is 0 Å². The normalized spacial score (nSPS) is 29.0. The van der Waals surface area contributed by atoms with E-state index in [9.17, 15) is 9.90 Å². The third-order valence-electron chi connectivity index (χ3n) is 7.81. The van der Waals surface area contributed by atoms with Gasteiger partial charge in [0.2, 0.25) is 5.91 Å². The largest absolute Gasteiger partial charge is 0.389 e. The van der Waals surface area contributed by atoms with Crippen LogP contribution in [0.1, 0.15) is 24.1 Å². The second-order valence-corrected chi connectivity index (χ2v) is 11.4. The van der Waals surface area contributed by atoms with Crippen LogP contribution < -0.4 is 10.2 Å². The molecule has 2 aromatic heterocycles. The molecule has 1 aromatic carbocycles. The predicted molar refractivity (Wildman–Crippen MR) is 140 cm³/mol. The van der Waals surface area contributed by atoms with E-state index in [4.69, 9.17) is 16.3 Å². The van der Waals surface area contributed by atoms with Gasteiger partial charge in [-0.05, 0) is 48.4 Å². The lowest BCUT2D eigenvalue weighted by molar-refractivity contribution is -0.117. The van der Waals surface area contributed by atoms with E-state index in [1.54, 1.807) is 17.5 Å². The van der Waals surface area contributed by atoms with Crippen molar-refractivity contribution in [2.75, 3.05) is 49.6 Å². The number of nitrogens with zero attached hydrogens (tertiary/aromatic N) is 3. The number of carbonyl (C=O) groups is 1. The van der Waals surface area contributed by atoms with Gasteiger partial charge in [-0.1, -0.05) is 17.7 Å².